The molecule has 1 saturated heterocycles. The van der Waals surface area contributed by atoms with Crippen molar-refractivity contribution >= 4 is 5.97 Å². The van der Waals surface area contributed by atoms with Gasteiger partial charge in [-0.1, -0.05) is 0 Å². The highest BCUT2D eigenvalue weighted by Crippen LogP contribution is 2.43. The van der Waals surface area contributed by atoms with Crippen LogP contribution in [0.2, 0.25) is 0 Å². The van der Waals surface area contributed by atoms with Crippen molar-refractivity contribution in [2.24, 2.45) is 11.7 Å². The zero-order valence-corrected chi connectivity index (χ0v) is 9.90. The molecule has 1 aliphatic heterocycles. The molecule has 0 aromatic carbocycles. The molecule has 0 aliphatic carbocycles. The first-order valence-electron chi connectivity index (χ1n) is 4.98. The van der Waals surface area contributed by atoms with Crippen molar-refractivity contribution < 1.29 is 14.7 Å². The summed E-state index contributed by atoms with van der Waals surface area (Å²) < 4.78 is 4.70. The molecule has 1 fully saturated rings. The average molecular weight is 215 g/mol. The summed E-state index contributed by atoms with van der Waals surface area (Å²) in [5, 5.41) is 12.9. The maximum atomic E-state index is 12.0. The third kappa shape index (κ3) is 1.55. The average Bonchev–Trinajstić information content (AvgIpc) is 2.25. The number of carbonyl (C=O) groups is 1. The van der Waals surface area contributed by atoms with Gasteiger partial charge in [0.2, 0.25) is 0 Å². The van der Waals surface area contributed by atoms with E-state index in [0.29, 0.717) is 0 Å². The van der Waals surface area contributed by atoms with Crippen molar-refractivity contribution in [1.29, 1.82) is 0 Å². The molecule has 5 nitrogen and oxygen atoms in total. The highest BCUT2D eigenvalue weighted by atomic mass is 16.5. The Kier molecular flexibility index (Phi) is 2.84. The van der Waals surface area contributed by atoms with Crippen LogP contribution in [0.15, 0.2) is 0 Å². The lowest BCUT2D eigenvalue weighted by molar-refractivity contribution is -0.249. The smallest absolute Gasteiger partial charge is 0.312 e. The third-order valence-corrected chi connectivity index (χ3v) is 3.44. The Balaban J connectivity index is 3.13. The summed E-state index contributed by atoms with van der Waals surface area (Å²) in [4.78, 5) is 11.6. The minimum absolute atomic E-state index is 0.418. The molecule has 0 spiro atoms. The molecule has 15 heavy (non-hydrogen) atoms. The van der Waals surface area contributed by atoms with Crippen molar-refractivity contribution in [2.45, 2.75) is 44.8 Å². The van der Waals surface area contributed by atoms with Crippen molar-refractivity contribution in [3.05, 3.63) is 0 Å². The second-order valence-corrected chi connectivity index (χ2v) is 5.13. The Morgan fingerprint density at radius 3 is 2.00 bits per heavy atom. The number of hydrogen-bond donors (Lipinski definition) is 1. The molecular formula is C10H19N2O3. The van der Waals surface area contributed by atoms with Crippen LogP contribution in [0.3, 0.4) is 0 Å². The third-order valence-electron chi connectivity index (χ3n) is 3.44. The van der Waals surface area contributed by atoms with Gasteiger partial charge in [-0.3, -0.25) is 4.79 Å². The number of methoxy groups -OCH3 is 1. The molecule has 2 atom stereocenters. The Morgan fingerprint density at radius 2 is 1.73 bits per heavy atom. The van der Waals surface area contributed by atoms with Gasteiger partial charge >= 0.3 is 5.97 Å². The second-order valence-electron chi connectivity index (χ2n) is 5.13. The molecule has 87 valence electrons. The fraction of sp³-hybridized carbons (Fsp3) is 0.900. The largest absolute Gasteiger partial charge is 0.469 e. The molecule has 0 amide bonds. The van der Waals surface area contributed by atoms with E-state index in [4.69, 9.17) is 10.5 Å². The predicted octanol–water partition coefficient (Wildman–Crippen LogP) is 0.321. The molecule has 2 N–H and O–H groups in total. The molecule has 0 aromatic heterocycles. The monoisotopic (exact) mass is 215 g/mol. The SMILES string of the molecule is COC(=O)[C@@H]1[C@@H](N)C(C)(C)N([O])C1(C)C. The van der Waals surface area contributed by atoms with E-state index in [1.54, 1.807) is 27.7 Å². The number of hydrogen-bond acceptors (Lipinski definition) is 4. The lowest BCUT2D eigenvalue weighted by atomic mass is 9.83. The second kappa shape index (κ2) is 3.43. The number of nitrogens with zero attached hydrogens (tertiary/aromatic N) is 1. The quantitative estimate of drug-likeness (QED) is 0.639. The van der Waals surface area contributed by atoms with Crippen LogP contribution in [0.4, 0.5) is 0 Å². The van der Waals surface area contributed by atoms with Crippen molar-refractivity contribution in [2.75, 3.05) is 7.11 Å². The van der Waals surface area contributed by atoms with Gasteiger partial charge in [0.25, 0.3) is 0 Å². The van der Waals surface area contributed by atoms with Gasteiger partial charge < -0.3 is 10.5 Å². The molecule has 0 aromatic rings. The van der Waals surface area contributed by atoms with E-state index in [2.05, 4.69) is 0 Å². The van der Waals surface area contributed by atoms with Gasteiger partial charge in [0.1, 0.15) is 0 Å². The van der Waals surface area contributed by atoms with Gasteiger partial charge in [-0.25, -0.2) is 0 Å². The zero-order valence-electron chi connectivity index (χ0n) is 9.90. The maximum absolute atomic E-state index is 12.0. The Labute approximate surface area is 90.1 Å². The number of rotatable bonds is 1. The van der Waals surface area contributed by atoms with E-state index in [1.165, 1.54) is 7.11 Å². The van der Waals surface area contributed by atoms with Crippen LogP contribution in [-0.2, 0) is 14.7 Å². The maximum Gasteiger partial charge on any atom is 0.312 e. The van der Waals surface area contributed by atoms with E-state index in [9.17, 15) is 10.0 Å². The van der Waals surface area contributed by atoms with Crippen LogP contribution in [0, 0.1) is 5.92 Å². The fourth-order valence-electron chi connectivity index (χ4n) is 2.41. The molecular weight excluding hydrogens is 196 g/mol. The summed E-state index contributed by atoms with van der Waals surface area (Å²) >= 11 is 0. The molecule has 1 heterocycles. The highest BCUT2D eigenvalue weighted by Gasteiger charge is 2.61. The van der Waals surface area contributed by atoms with Gasteiger partial charge in [0, 0.05) is 6.04 Å². The van der Waals surface area contributed by atoms with Gasteiger partial charge in [-0.15, -0.1) is 10.3 Å². The van der Waals surface area contributed by atoms with Crippen molar-refractivity contribution in [3.63, 3.8) is 0 Å². The molecule has 0 bridgehead atoms. The predicted molar refractivity (Wildman–Crippen MR) is 54.2 cm³/mol. The van der Waals surface area contributed by atoms with E-state index in [0.717, 1.165) is 5.06 Å². The van der Waals surface area contributed by atoms with E-state index in [1.807, 2.05) is 0 Å². The van der Waals surface area contributed by atoms with Gasteiger partial charge in [0.05, 0.1) is 24.1 Å². The molecule has 1 radical (unpaired) electrons. The minimum Gasteiger partial charge on any atom is -0.469 e. The summed E-state index contributed by atoms with van der Waals surface area (Å²) in [7, 11) is 1.31. The normalized spacial score (nSPS) is 34.1. The Bertz CT molecular complexity index is 276. The van der Waals surface area contributed by atoms with Crippen LogP contribution in [0.5, 0.6) is 0 Å². The standard InChI is InChI=1S/C10H19N2O3/c1-9(2)6(8(13)15-5)7(11)10(3,4)12(9)14/h6-7H,11H2,1-5H3/t6-,7+/m0/s1. The van der Waals surface area contributed by atoms with Crippen molar-refractivity contribution in [3.8, 4) is 0 Å². The molecule has 1 rings (SSSR count). The van der Waals surface area contributed by atoms with Gasteiger partial charge in [0.15, 0.2) is 0 Å². The summed E-state index contributed by atoms with van der Waals surface area (Å²) in [5.41, 5.74) is 4.39. The molecule has 0 saturated carbocycles. The number of hydroxylamine groups is 2. The summed E-state index contributed by atoms with van der Waals surface area (Å²) in [5.74, 6) is -1.01. The Morgan fingerprint density at radius 1 is 1.27 bits per heavy atom. The first-order valence-corrected chi connectivity index (χ1v) is 4.98. The summed E-state index contributed by atoms with van der Waals surface area (Å²) in [6.45, 7) is 6.93. The molecule has 0 unspecified atom stereocenters. The van der Waals surface area contributed by atoms with Crippen LogP contribution in [-0.4, -0.2) is 35.3 Å². The van der Waals surface area contributed by atoms with E-state index < -0.39 is 29.0 Å². The lowest BCUT2D eigenvalue weighted by Gasteiger charge is -2.32. The summed E-state index contributed by atoms with van der Waals surface area (Å²) in [6, 6.07) is -0.516. The van der Waals surface area contributed by atoms with E-state index in [-0.39, 0.29) is 0 Å². The molecule has 1 aliphatic rings. The van der Waals surface area contributed by atoms with Gasteiger partial charge in [-0.05, 0) is 27.7 Å². The first kappa shape index (κ1) is 12.4. The number of carbonyl (C=O) groups excluding carboxylic acids is 1. The topological polar surface area (TPSA) is 75.5 Å². The first-order chi connectivity index (χ1) is 6.67. The van der Waals surface area contributed by atoms with Crippen molar-refractivity contribution in [1.82, 2.24) is 5.06 Å². The van der Waals surface area contributed by atoms with Crippen LogP contribution >= 0.6 is 0 Å². The van der Waals surface area contributed by atoms with Crippen LogP contribution < -0.4 is 5.73 Å². The van der Waals surface area contributed by atoms with Gasteiger partial charge in [-0.2, -0.15) is 0 Å². The lowest BCUT2D eigenvalue weighted by Crippen LogP contribution is -2.49. The minimum atomic E-state index is -0.823. The van der Waals surface area contributed by atoms with Crippen LogP contribution in [0.25, 0.3) is 0 Å². The molecule has 5 heteroatoms. The number of ether oxygens (including phenoxy) is 1. The van der Waals surface area contributed by atoms with Crippen LogP contribution in [0.1, 0.15) is 27.7 Å². The number of nitrogens with two attached hydrogens (primary N) is 1. The number of esters is 1. The zero-order chi connectivity index (χ0) is 12.0. The summed E-state index contributed by atoms with van der Waals surface area (Å²) in [6.07, 6.45) is 0. The Hall–Kier alpha value is -0.650. The fourth-order valence-corrected chi connectivity index (χ4v) is 2.41. The van der Waals surface area contributed by atoms with E-state index >= 15 is 0 Å². The highest BCUT2D eigenvalue weighted by molar-refractivity contribution is 5.75.